The largest absolute Gasteiger partial charge is 0.312 e. The molecule has 2 rings (SSSR count). The molecule has 102 valence electrons. The lowest BCUT2D eigenvalue weighted by atomic mass is 10.1. The second-order valence-corrected chi connectivity index (χ2v) is 4.92. The van der Waals surface area contributed by atoms with Crippen molar-refractivity contribution in [2.75, 3.05) is 25.5 Å². The fourth-order valence-corrected chi connectivity index (χ4v) is 2.19. The number of hydrogen-bond donors (Lipinski definition) is 1. The van der Waals surface area contributed by atoms with Crippen LogP contribution in [-0.2, 0) is 16.0 Å². The molecule has 0 aromatic heterocycles. The zero-order chi connectivity index (χ0) is 13.8. The van der Waals surface area contributed by atoms with Gasteiger partial charge in [-0.1, -0.05) is 12.1 Å². The lowest BCUT2D eigenvalue weighted by molar-refractivity contribution is -0.124. The zero-order valence-electron chi connectivity index (χ0n) is 11.3. The highest BCUT2D eigenvalue weighted by atomic mass is 16.2. The standard InChI is InChI=1S/C14H19N3O2/c1-16(2)15-13(18)10-11-5-7-12(8-6-11)17-9-3-4-14(17)19/h5-8H,3-4,9-10H2,1-2H3,(H,15,18). The number of nitrogens with zero attached hydrogens (tertiary/aromatic N) is 2. The van der Waals surface area contributed by atoms with Gasteiger partial charge in [0.1, 0.15) is 0 Å². The lowest BCUT2D eigenvalue weighted by Gasteiger charge is -2.16. The molecule has 1 aromatic carbocycles. The molecule has 1 N–H and O–H groups in total. The fraction of sp³-hybridized carbons (Fsp3) is 0.429. The molecule has 0 spiro atoms. The summed E-state index contributed by atoms with van der Waals surface area (Å²) in [6.45, 7) is 0.791. The van der Waals surface area contributed by atoms with Crippen molar-refractivity contribution in [3.8, 4) is 0 Å². The van der Waals surface area contributed by atoms with Gasteiger partial charge in [-0.15, -0.1) is 0 Å². The molecule has 0 bridgehead atoms. The quantitative estimate of drug-likeness (QED) is 0.821. The van der Waals surface area contributed by atoms with E-state index in [0.29, 0.717) is 12.8 Å². The van der Waals surface area contributed by atoms with E-state index < -0.39 is 0 Å². The van der Waals surface area contributed by atoms with Gasteiger partial charge in [-0.05, 0) is 24.1 Å². The van der Waals surface area contributed by atoms with Crippen molar-refractivity contribution in [2.24, 2.45) is 0 Å². The molecule has 5 nitrogen and oxygen atoms in total. The maximum atomic E-state index is 11.6. The molecule has 2 amide bonds. The number of anilines is 1. The van der Waals surface area contributed by atoms with Gasteiger partial charge in [-0.2, -0.15) is 0 Å². The van der Waals surface area contributed by atoms with E-state index >= 15 is 0 Å². The third-order valence-electron chi connectivity index (χ3n) is 3.03. The first-order chi connectivity index (χ1) is 9.06. The van der Waals surface area contributed by atoms with Crippen molar-refractivity contribution in [1.82, 2.24) is 10.4 Å². The smallest absolute Gasteiger partial charge is 0.238 e. The van der Waals surface area contributed by atoms with Crippen LogP contribution in [0.15, 0.2) is 24.3 Å². The van der Waals surface area contributed by atoms with Crippen molar-refractivity contribution in [2.45, 2.75) is 19.3 Å². The van der Waals surface area contributed by atoms with E-state index in [9.17, 15) is 9.59 Å². The predicted molar refractivity (Wildman–Crippen MR) is 73.6 cm³/mol. The number of hydrazine groups is 1. The van der Waals surface area contributed by atoms with Crippen molar-refractivity contribution < 1.29 is 9.59 Å². The SMILES string of the molecule is CN(C)NC(=O)Cc1ccc(N2CCCC2=O)cc1. The molecule has 0 aliphatic carbocycles. The summed E-state index contributed by atoms with van der Waals surface area (Å²) in [6.07, 6.45) is 1.89. The molecule has 0 atom stereocenters. The van der Waals surface area contributed by atoms with E-state index in [1.165, 1.54) is 0 Å². The first-order valence-corrected chi connectivity index (χ1v) is 6.42. The van der Waals surface area contributed by atoms with Crippen molar-refractivity contribution in [1.29, 1.82) is 0 Å². The highest BCUT2D eigenvalue weighted by molar-refractivity contribution is 5.95. The Labute approximate surface area is 113 Å². The average Bonchev–Trinajstić information content (AvgIpc) is 2.75. The van der Waals surface area contributed by atoms with Crippen LogP contribution in [0.3, 0.4) is 0 Å². The summed E-state index contributed by atoms with van der Waals surface area (Å²) in [5.74, 6) is 0.132. The molecule has 5 heteroatoms. The maximum Gasteiger partial charge on any atom is 0.238 e. The van der Waals surface area contributed by atoms with Gasteiger partial charge in [0.25, 0.3) is 0 Å². The molecule has 0 saturated carbocycles. The summed E-state index contributed by atoms with van der Waals surface area (Å²) in [5, 5.41) is 1.62. The minimum absolute atomic E-state index is 0.0463. The first kappa shape index (κ1) is 13.5. The Hall–Kier alpha value is -1.88. The third kappa shape index (κ3) is 3.54. The molecule has 19 heavy (non-hydrogen) atoms. The van der Waals surface area contributed by atoms with Crippen LogP contribution in [0.2, 0.25) is 0 Å². The number of nitrogens with one attached hydrogen (secondary N) is 1. The Morgan fingerprint density at radius 3 is 2.53 bits per heavy atom. The molecular formula is C14H19N3O2. The maximum absolute atomic E-state index is 11.6. The van der Waals surface area contributed by atoms with E-state index in [2.05, 4.69) is 5.43 Å². The summed E-state index contributed by atoms with van der Waals surface area (Å²) in [7, 11) is 3.56. The third-order valence-corrected chi connectivity index (χ3v) is 3.03. The van der Waals surface area contributed by atoms with Crippen LogP contribution in [0, 0.1) is 0 Å². The topological polar surface area (TPSA) is 52.7 Å². The normalized spacial score (nSPS) is 15.1. The van der Waals surface area contributed by atoms with Gasteiger partial charge >= 0.3 is 0 Å². The molecule has 0 radical (unpaired) electrons. The summed E-state index contributed by atoms with van der Waals surface area (Å²) in [6, 6.07) is 7.61. The van der Waals surface area contributed by atoms with Gasteiger partial charge in [-0.25, -0.2) is 5.01 Å². The second-order valence-electron chi connectivity index (χ2n) is 4.92. The monoisotopic (exact) mass is 261 g/mol. The Balaban J connectivity index is 1.98. The fourth-order valence-electron chi connectivity index (χ4n) is 2.19. The molecular weight excluding hydrogens is 242 g/mol. The highest BCUT2D eigenvalue weighted by Gasteiger charge is 2.21. The van der Waals surface area contributed by atoms with E-state index in [1.54, 1.807) is 24.0 Å². The van der Waals surface area contributed by atoms with Crippen LogP contribution < -0.4 is 10.3 Å². The molecule has 1 heterocycles. The van der Waals surface area contributed by atoms with E-state index in [0.717, 1.165) is 24.2 Å². The molecule has 1 aliphatic heterocycles. The van der Waals surface area contributed by atoms with E-state index in [4.69, 9.17) is 0 Å². The Bertz CT molecular complexity index is 468. The van der Waals surface area contributed by atoms with Crippen LogP contribution in [0.25, 0.3) is 0 Å². The molecule has 1 aromatic rings. The van der Waals surface area contributed by atoms with Crippen molar-refractivity contribution in [3.05, 3.63) is 29.8 Å². The summed E-state index contributed by atoms with van der Waals surface area (Å²) >= 11 is 0. The van der Waals surface area contributed by atoms with Gasteiger partial charge < -0.3 is 4.90 Å². The Morgan fingerprint density at radius 2 is 2.00 bits per heavy atom. The Kier molecular flexibility index (Phi) is 4.16. The summed E-state index contributed by atoms with van der Waals surface area (Å²) < 4.78 is 0. The van der Waals surface area contributed by atoms with Crippen LogP contribution in [0.5, 0.6) is 0 Å². The minimum atomic E-state index is -0.0463. The predicted octanol–water partition coefficient (Wildman–Crippen LogP) is 0.949. The molecule has 0 unspecified atom stereocenters. The van der Waals surface area contributed by atoms with Crippen LogP contribution in [0.4, 0.5) is 5.69 Å². The number of carbonyl (C=O) groups is 2. The lowest BCUT2D eigenvalue weighted by Crippen LogP contribution is -2.37. The average molecular weight is 261 g/mol. The van der Waals surface area contributed by atoms with E-state index in [1.807, 2.05) is 24.3 Å². The number of hydrogen-bond acceptors (Lipinski definition) is 3. The highest BCUT2D eigenvalue weighted by Crippen LogP contribution is 2.21. The van der Waals surface area contributed by atoms with Gasteiger partial charge in [-0.3, -0.25) is 15.0 Å². The van der Waals surface area contributed by atoms with Crippen molar-refractivity contribution >= 4 is 17.5 Å². The van der Waals surface area contributed by atoms with Crippen LogP contribution in [-0.4, -0.2) is 37.5 Å². The molecule has 1 fully saturated rings. The van der Waals surface area contributed by atoms with Gasteiger partial charge in [0.15, 0.2) is 0 Å². The zero-order valence-corrected chi connectivity index (χ0v) is 11.3. The number of amides is 2. The first-order valence-electron chi connectivity index (χ1n) is 6.42. The molecule has 1 aliphatic rings. The minimum Gasteiger partial charge on any atom is -0.312 e. The van der Waals surface area contributed by atoms with Gasteiger partial charge in [0, 0.05) is 32.7 Å². The van der Waals surface area contributed by atoms with E-state index in [-0.39, 0.29) is 11.8 Å². The van der Waals surface area contributed by atoms with Gasteiger partial charge in [0.2, 0.25) is 11.8 Å². The second kappa shape index (κ2) is 5.84. The van der Waals surface area contributed by atoms with Gasteiger partial charge in [0.05, 0.1) is 6.42 Å². The van der Waals surface area contributed by atoms with Crippen LogP contribution >= 0.6 is 0 Å². The summed E-state index contributed by atoms with van der Waals surface area (Å²) in [4.78, 5) is 25.0. The number of rotatable bonds is 4. The number of carbonyl (C=O) groups excluding carboxylic acids is 2. The Morgan fingerprint density at radius 1 is 1.32 bits per heavy atom. The molecule has 1 saturated heterocycles. The summed E-state index contributed by atoms with van der Waals surface area (Å²) in [5.41, 5.74) is 4.55. The number of benzene rings is 1. The van der Waals surface area contributed by atoms with Crippen molar-refractivity contribution in [3.63, 3.8) is 0 Å². The van der Waals surface area contributed by atoms with Crippen LogP contribution in [0.1, 0.15) is 18.4 Å².